The van der Waals surface area contributed by atoms with Gasteiger partial charge in [0.15, 0.2) is 0 Å². The minimum Gasteiger partial charge on any atom is -0.331 e. The predicted octanol–water partition coefficient (Wildman–Crippen LogP) is 3.77. The number of fused-ring (bicyclic) bond motifs is 3. The second-order valence-corrected chi connectivity index (χ2v) is 6.04. The van der Waals surface area contributed by atoms with Crippen molar-refractivity contribution in [3.8, 4) is 0 Å². The molecule has 4 rings (SSSR count). The predicted molar refractivity (Wildman–Crippen MR) is 96.1 cm³/mol. The molecular formula is C19H17N3O3. The lowest BCUT2D eigenvalue weighted by molar-refractivity contribution is -0.383. The fourth-order valence-electron chi connectivity index (χ4n) is 3.73. The average molecular weight is 335 g/mol. The summed E-state index contributed by atoms with van der Waals surface area (Å²) in [6.45, 7) is 2.98. The van der Waals surface area contributed by atoms with E-state index in [0.717, 1.165) is 16.6 Å². The molecule has 0 bridgehead atoms. The molecule has 0 unspecified atom stereocenters. The van der Waals surface area contributed by atoms with Gasteiger partial charge < -0.3 is 9.47 Å². The highest BCUT2D eigenvalue weighted by Crippen LogP contribution is 2.36. The second kappa shape index (κ2) is 5.73. The Labute approximate surface area is 144 Å². The van der Waals surface area contributed by atoms with Gasteiger partial charge in [0.1, 0.15) is 11.2 Å². The van der Waals surface area contributed by atoms with Crippen LogP contribution in [-0.2, 0) is 13.0 Å². The summed E-state index contributed by atoms with van der Waals surface area (Å²) >= 11 is 0. The second-order valence-electron chi connectivity index (χ2n) is 6.04. The van der Waals surface area contributed by atoms with E-state index in [1.807, 2.05) is 43.3 Å². The number of benzene rings is 2. The van der Waals surface area contributed by atoms with Gasteiger partial charge in [0, 0.05) is 30.2 Å². The summed E-state index contributed by atoms with van der Waals surface area (Å²) in [4.78, 5) is 26.0. The summed E-state index contributed by atoms with van der Waals surface area (Å²) in [7, 11) is 0. The molecule has 0 spiro atoms. The Kier molecular flexibility index (Phi) is 3.53. The Morgan fingerprint density at radius 2 is 1.88 bits per heavy atom. The number of para-hydroxylation sites is 2. The highest BCUT2D eigenvalue weighted by molar-refractivity contribution is 6.12. The van der Waals surface area contributed by atoms with E-state index in [4.69, 9.17) is 0 Å². The fraction of sp³-hybridized carbons (Fsp3) is 0.211. The lowest BCUT2D eigenvalue weighted by Crippen LogP contribution is -2.38. The standard InChI is InChI=1S/C19H17N3O3/c1-2-20-17-14(9-6-10-16(17)22(24)25)15-11-12-21(19(23)18(15)20)13-7-4-3-5-8-13/h3-10H,2,11-12H2,1H3. The molecule has 6 heteroatoms. The van der Waals surface area contributed by atoms with Gasteiger partial charge in [-0.1, -0.05) is 30.3 Å². The minimum atomic E-state index is -0.376. The zero-order chi connectivity index (χ0) is 17.6. The zero-order valence-corrected chi connectivity index (χ0v) is 13.8. The number of carbonyl (C=O) groups is 1. The number of carbonyl (C=O) groups excluding carboxylic acids is 1. The Morgan fingerprint density at radius 3 is 2.56 bits per heavy atom. The van der Waals surface area contributed by atoms with Crippen molar-refractivity contribution < 1.29 is 9.72 Å². The highest BCUT2D eigenvalue weighted by atomic mass is 16.6. The van der Waals surface area contributed by atoms with Crippen LogP contribution in [0.1, 0.15) is 23.0 Å². The monoisotopic (exact) mass is 335 g/mol. The Balaban J connectivity index is 1.96. The van der Waals surface area contributed by atoms with E-state index < -0.39 is 0 Å². The minimum absolute atomic E-state index is 0.0489. The Hall–Kier alpha value is -3.15. The van der Waals surface area contributed by atoms with Gasteiger partial charge in [-0.3, -0.25) is 14.9 Å². The Bertz CT molecular complexity index is 992. The third kappa shape index (κ3) is 2.21. The molecule has 0 saturated carbocycles. The topological polar surface area (TPSA) is 68.4 Å². The third-order valence-corrected chi connectivity index (χ3v) is 4.78. The van der Waals surface area contributed by atoms with E-state index in [-0.39, 0.29) is 16.5 Å². The molecule has 1 amide bonds. The molecular weight excluding hydrogens is 318 g/mol. The summed E-state index contributed by atoms with van der Waals surface area (Å²) in [5, 5.41) is 12.3. The van der Waals surface area contributed by atoms with Crippen molar-refractivity contribution in [3.63, 3.8) is 0 Å². The first-order valence-corrected chi connectivity index (χ1v) is 8.29. The largest absolute Gasteiger partial charge is 0.331 e. The fourth-order valence-corrected chi connectivity index (χ4v) is 3.73. The number of aryl methyl sites for hydroxylation is 1. The number of aromatic nitrogens is 1. The highest BCUT2D eigenvalue weighted by Gasteiger charge is 2.33. The SMILES string of the molecule is CCn1c2c(c3cccc([N+](=O)[O-])c31)CCN(c1ccccc1)C2=O. The average Bonchev–Trinajstić information content (AvgIpc) is 2.97. The Morgan fingerprint density at radius 1 is 1.12 bits per heavy atom. The molecule has 0 aliphatic carbocycles. The van der Waals surface area contributed by atoms with Crippen LogP contribution in [0.4, 0.5) is 11.4 Å². The summed E-state index contributed by atoms with van der Waals surface area (Å²) in [5.74, 6) is -0.0974. The third-order valence-electron chi connectivity index (χ3n) is 4.78. The van der Waals surface area contributed by atoms with Crippen LogP contribution >= 0.6 is 0 Å². The molecule has 0 atom stereocenters. The van der Waals surface area contributed by atoms with Gasteiger partial charge in [-0.2, -0.15) is 0 Å². The molecule has 0 N–H and O–H groups in total. The van der Waals surface area contributed by atoms with Crippen molar-refractivity contribution >= 4 is 28.2 Å². The van der Waals surface area contributed by atoms with Crippen LogP contribution in [0.15, 0.2) is 48.5 Å². The zero-order valence-electron chi connectivity index (χ0n) is 13.8. The quantitative estimate of drug-likeness (QED) is 0.540. The summed E-state index contributed by atoms with van der Waals surface area (Å²) in [6.07, 6.45) is 0.681. The molecule has 2 heterocycles. The molecule has 6 nitrogen and oxygen atoms in total. The normalized spacial score (nSPS) is 14.0. The van der Waals surface area contributed by atoms with Crippen molar-refractivity contribution in [3.05, 3.63) is 69.9 Å². The number of nitro groups is 1. The maximum Gasteiger partial charge on any atom is 0.293 e. The lowest BCUT2D eigenvalue weighted by atomic mass is 10.0. The van der Waals surface area contributed by atoms with E-state index in [2.05, 4.69) is 0 Å². The van der Waals surface area contributed by atoms with Gasteiger partial charge in [0.25, 0.3) is 11.6 Å². The summed E-state index contributed by atoms with van der Waals surface area (Å²) < 4.78 is 1.79. The van der Waals surface area contributed by atoms with Gasteiger partial charge in [-0.15, -0.1) is 0 Å². The number of anilines is 1. The van der Waals surface area contributed by atoms with Crippen LogP contribution in [0.25, 0.3) is 10.9 Å². The van der Waals surface area contributed by atoms with E-state index >= 15 is 0 Å². The van der Waals surface area contributed by atoms with Crippen LogP contribution in [0.3, 0.4) is 0 Å². The van der Waals surface area contributed by atoms with Crippen LogP contribution < -0.4 is 4.90 Å². The molecule has 1 aliphatic rings. The molecule has 2 aromatic carbocycles. The molecule has 1 aromatic heterocycles. The van der Waals surface area contributed by atoms with E-state index in [9.17, 15) is 14.9 Å². The van der Waals surface area contributed by atoms with Crippen molar-refractivity contribution in [2.45, 2.75) is 19.9 Å². The molecule has 3 aromatic rings. The summed E-state index contributed by atoms with van der Waals surface area (Å²) in [6, 6.07) is 14.6. The van der Waals surface area contributed by atoms with Crippen molar-refractivity contribution in [1.29, 1.82) is 0 Å². The number of nitrogens with zero attached hydrogens (tertiary/aromatic N) is 3. The maximum atomic E-state index is 13.2. The molecule has 0 saturated heterocycles. The van der Waals surface area contributed by atoms with E-state index in [1.54, 1.807) is 15.5 Å². The van der Waals surface area contributed by atoms with Crippen LogP contribution in [0.5, 0.6) is 0 Å². The molecule has 25 heavy (non-hydrogen) atoms. The van der Waals surface area contributed by atoms with Crippen LogP contribution in [-0.4, -0.2) is 21.9 Å². The van der Waals surface area contributed by atoms with Gasteiger partial charge in [-0.25, -0.2) is 0 Å². The van der Waals surface area contributed by atoms with Crippen LogP contribution in [0.2, 0.25) is 0 Å². The number of rotatable bonds is 3. The molecule has 0 radical (unpaired) electrons. The van der Waals surface area contributed by atoms with Gasteiger partial charge in [0.2, 0.25) is 0 Å². The van der Waals surface area contributed by atoms with E-state index in [1.165, 1.54) is 6.07 Å². The molecule has 1 aliphatic heterocycles. The number of nitro benzene ring substituents is 1. The summed E-state index contributed by atoms with van der Waals surface area (Å²) in [5.41, 5.74) is 2.93. The van der Waals surface area contributed by atoms with Crippen molar-refractivity contribution in [2.75, 3.05) is 11.4 Å². The number of amides is 1. The van der Waals surface area contributed by atoms with Crippen molar-refractivity contribution in [1.82, 2.24) is 4.57 Å². The number of hydrogen-bond donors (Lipinski definition) is 0. The molecule has 0 fully saturated rings. The molecule has 126 valence electrons. The number of non-ortho nitro benzene ring substituents is 1. The van der Waals surface area contributed by atoms with Crippen LogP contribution in [0, 0.1) is 10.1 Å². The van der Waals surface area contributed by atoms with Gasteiger partial charge in [0.05, 0.1) is 4.92 Å². The first kappa shape index (κ1) is 15.4. The van der Waals surface area contributed by atoms with Gasteiger partial charge >= 0.3 is 0 Å². The first-order chi connectivity index (χ1) is 12.1. The smallest absolute Gasteiger partial charge is 0.293 e. The maximum absolute atomic E-state index is 13.2. The number of hydrogen-bond acceptors (Lipinski definition) is 3. The lowest BCUT2D eigenvalue weighted by Gasteiger charge is -2.28. The van der Waals surface area contributed by atoms with E-state index in [0.29, 0.717) is 30.7 Å². The van der Waals surface area contributed by atoms with Gasteiger partial charge in [-0.05, 0) is 31.0 Å². The van der Waals surface area contributed by atoms with Crippen molar-refractivity contribution in [2.24, 2.45) is 0 Å². The first-order valence-electron chi connectivity index (χ1n) is 8.29.